The van der Waals surface area contributed by atoms with Crippen LogP contribution in [-0.2, 0) is 9.53 Å². The van der Waals surface area contributed by atoms with Crippen LogP contribution in [0.2, 0.25) is 0 Å². The third-order valence-electron chi connectivity index (χ3n) is 3.13. The molecule has 0 saturated carbocycles. The van der Waals surface area contributed by atoms with Gasteiger partial charge in [0.25, 0.3) is 5.91 Å². The largest absolute Gasteiger partial charge is 0.480 e. The second-order valence-corrected chi connectivity index (χ2v) is 4.25. The molecule has 1 N–H and O–H groups in total. The molecule has 2 atom stereocenters. The summed E-state index contributed by atoms with van der Waals surface area (Å²) in [5.41, 5.74) is -0.231. The van der Waals surface area contributed by atoms with Crippen LogP contribution < -0.4 is 0 Å². The van der Waals surface area contributed by atoms with E-state index in [1.807, 2.05) is 0 Å². The molecule has 2 unspecified atom stereocenters. The van der Waals surface area contributed by atoms with Crippen molar-refractivity contribution in [2.45, 2.75) is 18.6 Å². The Labute approximate surface area is 108 Å². The van der Waals surface area contributed by atoms with Crippen molar-refractivity contribution < 1.29 is 23.8 Å². The quantitative estimate of drug-likeness (QED) is 0.809. The number of aliphatic carboxylic acids is 1. The van der Waals surface area contributed by atoms with Crippen molar-refractivity contribution in [2.75, 3.05) is 13.7 Å². The maximum Gasteiger partial charge on any atom is 0.326 e. The second kappa shape index (κ2) is 5.31. The average molecular weight is 268 g/mol. The van der Waals surface area contributed by atoms with Crippen LogP contribution in [0.1, 0.15) is 16.8 Å². The molecule has 0 spiro atoms. The number of rotatable bonds is 3. The summed E-state index contributed by atoms with van der Waals surface area (Å²) in [6.45, 7) is 0.126. The van der Waals surface area contributed by atoms with E-state index in [-0.39, 0.29) is 24.6 Å². The van der Waals surface area contributed by atoms with Crippen LogP contribution >= 0.6 is 0 Å². The monoisotopic (exact) mass is 268 g/mol. The SMILES string of the molecule is COC1CC(C(=O)O)N(C(=O)c2cccnc2F)C1. The van der Waals surface area contributed by atoms with Gasteiger partial charge in [-0.25, -0.2) is 9.78 Å². The first kappa shape index (κ1) is 13.4. The summed E-state index contributed by atoms with van der Waals surface area (Å²) in [4.78, 5) is 27.8. The van der Waals surface area contributed by atoms with E-state index in [1.165, 1.54) is 25.4 Å². The minimum Gasteiger partial charge on any atom is -0.480 e. The number of ether oxygens (including phenoxy) is 1. The maximum atomic E-state index is 13.5. The Bertz CT molecular complexity index is 508. The van der Waals surface area contributed by atoms with Gasteiger partial charge in [-0.05, 0) is 12.1 Å². The lowest BCUT2D eigenvalue weighted by Crippen LogP contribution is -2.41. The smallest absolute Gasteiger partial charge is 0.326 e. The highest BCUT2D eigenvalue weighted by atomic mass is 19.1. The summed E-state index contributed by atoms with van der Waals surface area (Å²) < 4.78 is 18.5. The molecular formula is C12H13FN2O4. The van der Waals surface area contributed by atoms with E-state index in [1.54, 1.807) is 0 Å². The van der Waals surface area contributed by atoms with Crippen LogP contribution in [0.4, 0.5) is 4.39 Å². The number of hydrogen-bond acceptors (Lipinski definition) is 4. The number of likely N-dealkylation sites (tertiary alicyclic amines) is 1. The summed E-state index contributed by atoms with van der Waals surface area (Å²) in [6.07, 6.45) is 1.06. The molecule has 1 aromatic rings. The minimum absolute atomic E-state index is 0.126. The van der Waals surface area contributed by atoms with Crippen molar-refractivity contribution in [1.82, 2.24) is 9.88 Å². The Balaban J connectivity index is 2.27. The van der Waals surface area contributed by atoms with Crippen LogP contribution in [-0.4, -0.2) is 52.7 Å². The Hall–Kier alpha value is -2.02. The summed E-state index contributed by atoms with van der Waals surface area (Å²) in [7, 11) is 1.45. The third kappa shape index (κ3) is 2.55. The molecule has 19 heavy (non-hydrogen) atoms. The number of aromatic nitrogens is 1. The van der Waals surface area contributed by atoms with Gasteiger partial charge in [-0.3, -0.25) is 4.79 Å². The van der Waals surface area contributed by atoms with Crippen LogP contribution in [0.15, 0.2) is 18.3 Å². The molecule has 2 heterocycles. The number of amides is 1. The standard InChI is InChI=1S/C12H13FN2O4/c1-19-7-5-9(12(17)18)15(6-7)11(16)8-3-2-4-14-10(8)13/h2-4,7,9H,5-6H2,1H3,(H,17,18). The third-order valence-corrected chi connectivity index (χ3v) is 3.13. The normalized spacial score (nSPS) is 22.5. The van der Waals surface area contributed by atoms with Gasteiger partial charge in [0.1, 0.15) is 6.04 Å². The number of methoxy groups -OCH3 is 1. The van der Waals surface area contributed by atoms with Gasteiger partial charge < -0.3 is 14.7 Å². The van der Waals surface area contributed by atoms with Crippen molar-refractivity contribution in [1.29, 1.82) is 0 Å². The lowest BCUT2D eigenvalue weighted by atomic mass is 10.2. The lowest BCUT2D eigenvalue weighted by Gasteiger charge is -2.21. The Morgan fingerprint density at radius 1 is 1.58 bits per heavy atom. The molecule has 1 fully saturated rings. The maximum absolute atomic E-state index is 13.5. The second-order valence-electron chi connectivity index (χ2n) is 4.25. The van der Waals surface area contributed by atoms with E-state index in [4.69, 9.17) is 9.84 Å². The predicted molar refractivity (Wildman–Crippen MR) is 62.1 cm³/mol. The zero-order chi connectivity index (χ0) is 14.0. The first-order valence-corrected chi connectivity index (χ1v) is 5.71. The number of carboxylic acids is 1. The molecule has 7 heteroatoms. The van der Waals surface area contributed by atoms with Crippen molar-refractivity contribution in [3.63, 3.8) is 0 Å². The molecule has 1 saturated heterocycles. The van der Waals surface area contributed by atoms with E-state index >= 15 is 0 Å². The molecule has 0 radical (unpaired) electrons. The van der Waals surface area contributed by atoms with Crippen molar-refractivity contribution >= 4 is 11.9 Å². The fourth-order valence-corrected chi connectivity index (χ4v) is 2.13. The van der Waals surface area contributed by atoms with Crippen LogP contribution in [0.3, 0.4) is 0 Å². The Morgan fingerprint density at radius 2 is 2.32 bits per heavy atom. The molecule has 0 bridgehead atoms. The zero-order valence-corrected chi connectivity index (χ0v) is 10.2. The van der Waals surface area contributed by atoms with Gasteiger partial charge in [0.05, 0.1) is 11.7 Å². The highest BCUT2D eigenvalue weighted by Crippen LogP contribution is 2.23. The fraction of sp³-hybridized carbons (Fsp3) is 0.417. The van der Waals surface area contributed by atoms with E-state index in [2.05, 4.69) is 4.98 Å². The molecule has 1 aliphatic heterocycles. The number of carboxylic acid groups (broad SMARTS) is 1. The van der Waals surface area contributed by atoms with Gasteiger partial charge in [-0.15, -0.1) is 0 Å². The number of halogens is 1. The number of hydrogen-bond donors (Lipinski definition) is 1. The number of carbonyl (C=O) groups is 2. The average Bonchev–Trinajstić information content (AvgIpc) is 2.83. The van der Waals surface area contributed by atoms with Gasteiger partial charge in [-0.1, -0.05) is 0 Å². The Kier molecular flexibility index (Phi) is 3.75. The van der Waals surface area contributed by atoms with Crippen LogP contribution in [0.5, 0.6) is 0 Å². The lowest BCUT2D eigenvalue weighted by molar-refractivity contribution is -0.141. The topological polar surface area (TPSA) is 79.7 Å². The molecule has 102 valence electrons. The minimum atomic E-state index is -1.13. The first-order chi connectivity index (χ1) is 9.04. The molecule has 6 nitrogen and oxygen atoms in total. The van der Waals surface area contributed by atoms with Gasteiger partial charge in [0.15, 0.2) is 0 Å². The van der Waals surface area contributed by atoms with Crippen molar-refractivity contribution in [3.05, 3.63) is 29.8 Å². The molecule has 1 aliphatic rings. The molecule has 1 amide bonds. The van der Waals surface area contributed by atoms with Crippen LogP contribution in [0, 0.1) is 5.95 Å². The fourth-order valence-electron chi connectivity index (χ4n) is 2.13. The highest BCUT2D eigenvalue weighted by molar-refractivity contribution is 5.97. The molecule has 0 aromatic carbocycles. The summed E-state index contributed by atoms with van der Waals surface area (Å²) in [5, 5.41) is 9.10. The molecule has 1 aromatic heterocycles. The summed E-state index contributed by atoms with van der Waals surface area (Å²) in [6, 6.07) is 1.71. The van der Waals surface area contributed by atoms with Gasteiger partial charge in [0, 0.05) is 26.3 Å². The molecule has 2 rings (SSSR count). The van der Waals surface area contributed by atoms with E-state index in [0.29, 0.717) is 0 Å². The van der Waals surface area contributed by atoms with Crippen molar-refractivity contribution in [2.24, 2.45) is 0 Å². The highest BCUT2D eigenvalue weighted by Gasteiger charge is 2.40. The number of nitrogens with zero attached hydrogens (tertiary/aromatic N) is 2. The van der Waals surface area contributed by atoms with E-state index in [0.717, 1.165) is 4.90 Å². The van der Waals surface area contributed by atoms with E-state index in [9.17, 15) is 14.0 Å². The van der Waals surface area contributed by atoms with Gasteiger partial charge in [0.2, 0.25) is 5.95 Å². The number of pyridine rings is 1. The zero-order valence-electron chi connectivity index (χ0n) is 10.2. The van der Waals surface area contributed by atoms with E-state index < -0.39 is 23.9 Å². The summed E-state index contributed by atoms with van der Waals surface area (Å²) in [5.74, 6) is -2.72. The van der Waals surface area contributed by atoms with Crippen molar-refractivity contribution in [3.8, 4) is 0 Å². The summed E-state index contributed by atoms with van der Waals surface area (Å²) >= 11 is 0. The Morgan fingerprint density at radius 3 is 2.89 bits per heavy atom. The first-order valence-electron chi connectivity index (χ1n) is 5.71. The molecule has 0 aliphatic carbocycles. The number of carbonyl (C=O) groups excluding carboxylic acids is 1. The molecular weight excluding hydrogens is 255 g/mol. The van der Waals surface area contributed by atoms with Gasteiger partial charge in [-0.2, -0.15) is 4.39 Å². The van der Waals surface area contributed by atoms with Crippen LogP contribution in [0.25, 0.3) is 0 Å². The van der Waals surface area contributed by atoms with Gasteiger partial charge >= 0.3 is 5.97 Å². The predicted octanol–water partition coefficient (Wildman–Crippen LogP) is 0.535.